The number of ether oxygens (including phenoxy) is 2. The Hall–Kier alpha value is -2.44. The summed E-state index contributed by atoms with van der Waals surface area (Å²) in [7, 11) is -0.750. The zero-order chi connectivity index (χ0) is 32.1. The van der Waals surface area contributed by atoms with Crippen LogP contribution >= 0.6 is 34.2 Å². The third-order valence-electron chi connectivity index (χ3n) is 10.3. The van der Waals surface area contributed by atoms with Gasteiger partial charge in [0, 0.05) is 26.6 Å². The van der Waals surface area contributed by atoms with Crippen LogP contribution in [0, 0.1) is 9.49 Å². The second-order valence-corrected chi connectivity index (χ2v) is 19.5. The summed E-state index contributed by atoms with van der Waals surface area (Å²) in [5.41, 5.74) is 1.24. The van der Waals surface area contributed by atoms with Crippen molar-refractivity contribution in [2.45, 2.75) is 69.1 Å². The summed E-state index contributed by atoms with van der Waals surface area (Å²) >= 11 is 8.92. The topological polar surface area (TPSA) is 79.3 Å². The molecular formula is C35H40ClIN2O5Si. The Balaban J connectivity index is 1.44. The van der Waals surface area contributed by atoms with Gasteiger partial charge in [0.1, 0.15) is 5.75 Å². The van der Waals surface area contributed by atoms with Gasteiger partial charge in [0.2, 0.25) is 5.91 Å². The molecule has 1 spiro atoms. The van der Waals surface area contributed by atoms with Crippen LogP contribution in [0.4, 0.5) is 5.69 Å². The van der Waals surface area contributed by atoms with Gasteiger partial charge in [0.25, 0.3) is 5.91 Å². The molecule has 3 aromatic rings. The number of nitrogens with zero attached hydrogens (tertiary/aromatic N) is 2. The number of carbonyl (C=O) groups excluding carboxylic acids is 2. The quantitative estimate of drug-likeness (QED) is 0.223. The number of methoxy groups -OCH3 is 1. The molecule has 0 unspecified atom stereocenters. The highest BCUT2D eigenvalue weighted by Gasteiger charge is 2.66. The third kappa shape index (κ3) is 5.62. The molecule has 0 bridgehead atoms. The molecule has 238 valence electrons. The molecule has 10 heteroatoms. The molecule has 2 saturated heterocycles. The van der Waals surface area contributed by atoms with Crippen molar-refractivity contribution in [3.63, 3.8) is 0 Å². The van der Waals surface area contributed by atoms with Crippen molar-refractivity contribution in [3.8, 4) is 5.75 Å². The Morgan fingerprint density at radius 1 is 1.16 bits per heavy atom. The highest BCUT2D eigenvalue weighted by Crippen LogP contribution is 2.60. The molecule has 45 heavy (non-hydrogen) atoms. The number of rotatable bonds is 8. The van der Waals surface area contributed by atoms with E-state index in [1.807, 2.05) is 58.3 Å². The number of amides is 2. The number of hydrogen-bond donors (Lipinski definition) is 1. The van der Waals surface area contributed by atoms with Gasteiger partial charge >= 0.3 is 0 Å². The minimum atomic E-state index is -2.41. The molecule has 3 aromatic carbocycles. The van der Waals surface area contributed by atoms with Crippen LogP contribution in [0.3, 0.4) is 0 Å². The molecule has 2 fully saturated rings. The number of anilines is 1. The van der Waals surface area contributed by atoms with Crippen LogP contribution in [0.1, 0.15) is 37.3 Å². The smallest absolute Gasteiger partial charge is 0.264 e. The monoisotopic (exact) mass is 758 g/mol. The van der Waals surface area contributed by atoms with E-state index in [0.717, 1.165) is 39.0 Å². The number of fused-ring (bicyclic) bond motifs is 2. The second kappa shape index (κ2) is 12.6. The molecule has 1 N–H and O–H groups in total. The number of carbonyl (C=O) groups is 2. The van der Waals surface area contributed by atoms with Gasteiger partial charge in [-0.05, 0) is 89.0 Å². The van der Waals surface area contributed by atoms with Crippen LogP contribution in [0.15, 0.2) is 66.7 Å². The SMILES string of the molecule is COc1ccc([Si](C)(C)[C@@H]2[C@@H](CC(=O)N3CCC[C@H]3CO)O[C@]3(C(=O)N(Cc4cccc(I)c4)c4ccc(Cl)cc43)[C@H]2C)cc1. The first-order chi connectivity index (χ1) is 21.5. The third-order valence-corrected chi connectivity index (χ3v) is 15.6. The number of halogens is 2. The number of benzene rings is 3. The minimum absolute atomic E-state index is 0.0298. The van der Waals surface area contributed by atoms with E-state index in [1.54, 1.807) is 7.11 Å². The van der Waals surface area contributed by atoms with Crippen LogP contribution in [0.2, 0.25) is 23.7 Å². The Morgan fingerprint density at radius 2 is 1.91 bits per heavy atom. The molecule has 0 radical (unpaired) electrons. The van der Waals surface area contributed by atoms with E-state index in [4.69, 9.17) is 21.1 Å². The molecular weight excluding hydrogens is 719 g/mol. The first-order valence-electron chi connectivity index (χ1n) is 15.6. The van der Waals surface area contributed by atoms with Gasteiger partial charge in [-0.2, -0.15) is 0 Å². The van der Waals surface area contributed by atoms with Gasteiger partial charge < -0.3 is 24.4 Å². The second-order valence-electron chi connectivity index (χ2n) is 13.1. The van der Waals surface area contributed by atoms with Crippen molar-refractivity contribution in [2.24, 2.45) is 5.92 Å². The lowest BCUT2D eigenvalue weighted by Gasteiger charge is -2.37. The number of likely N-dealkylation sites (tertiary alicyclic amines) is 1. The average molecular weight is 759 g/mol. The Labute approximate surface area is 285 Å². The van der Waals surface area contributed by atoms with E-state index >= 15 is 0 Å². The van der Waals surface area contributed by atoms with E-state index in [0.29, 0.717) is 18.1 Å². The average Bonchev–Trinajstić information content (AvgIpc) is 3.68. The molecule has 3 heterocycles. The normalized spacial score (nSPS) is 26.2. The lowest BCUT2D eigenvalue weighted by atomic mass is 9.82. The minimum Gasteiger partial charge on any atom is -0.497 e. The zero-order valence-electron chi connectivity index (χ0n) is 26.1. The predicted octanol–water partition coefficient (Wildman–Crippen LogP) is 6.09. The van der Waals surface area contributed by atoms with E-state index in [1.165, 1.54) is 5.19 Å². The Morgan fingerprint density at radius 3 is 2.60 bits per heavy atom. The Bertz CT molecular complexity index is 1600. The summed E-state index contributed by atoms with van der Waals surface area (Å²) in [6.45, 7) is 7.72. The van der Waals surface area contributed by atoms with Crippen molar-refractivity contribution in [1.29, 1.82) is 0 Å². The van der Waals surface area contributed by atoms with Crippen LogP contribution in [-0.4, -0.2) is 62.3 Å². The molecule has 0 aromatic heterocycles. The van der Waals surface area contributed by atoms with Gasteiger partial charge in [-0.15, -0.1) is 0 Å². The maximum absolute atomic E-state index is 14.9. The van der Waals surface area contributed by atoms with Gasteiger partial charge in [0.15, 0.2) is 5.60 Å². The summed E-state index contributed by atoms with van der Waals surface area (Å²) < 4.78 is 13.7. The largest absolute Gasteiger partial charge is 0.497 e. The summed E-state index contributed by atoms with van der Waals surface area (Å²) in [4.78, 5) is 32.5. The number of aliphatic hydroxyl groups is 1. The van der Waals surface area contributed by atoms with E-state index in [-0.39, 0.29) is 42.3 Å². The van der Waals surface area contributed by atoms with E-state index in [9.17, 15) is 14.7 Å². The lowest BCUT2D eigenvalue weighted by Crippen LogP contribution is -2.52. The molecule has 5 atom stereocenters. The number of hydrogen-bond acceptors (Lipinski definition) is 5. The van der Waals surface area contributed by atoms with Crippen LogP contribution in [0.25, 0.3) is 0 Å². The number of aliphatic hydroxyl groups excluding tert-OH is 1. The molecule has 6 rings (SSSR count). The lowest BCUT2D eigenvalue weighted by molar-refractivity contribution is -0.150. The van der Waals surface area contributed by atoms with E-state index < -0.39 is 19.8 Å². The maximum Gasteiger partial charge on any atom is 0.264 e. The van der Waals surface area contributed by atoms with Crippen molar-refractivity contribution in [1.82, 2.24) is 4.90 Å². The van der Waals surface area contributed by atoms with Crippen LogP contribution < -0.4 is 14.8 Å². The summed E-state index contributed by atoms with van der Waals surface area (Å²) in [5.74, 6) is 0.405. The van der Waals surface area contributed by atoms with Crippen molar-refractivity contribution in [2.75, 3.05) is 25.2 Å². The fourth-order valence-corrected chi connectivity index (χ4v) is 12.9. The molecule has 2 amide bonds. The van der Waals surface area contributed by atoms with Gasteiger partial charge in [-0.1, -0.05) is 61.1 Å². The molecule has 0 saturated carbocycles. The standard InChI is InChI=1S/C35H40ClIN2O5Si/c1-22-33(45(3,4)28-13-11-27(43-2)12-14-28)31(19-32(41)38-16-6-9-26(38)21-40)44-35(22)29-18-24(36)10-15-30(29)39(34(35)42)20-23-7-5-8-25(37)17-23/h5,7-8,10-15,17-18,22,26,31,33,40H,6,9,16,19-21H2,1-4H3/t22-,26-,31+,33-,35+/m0/s1. The highest BCUT2D eigenvalue weighted by molar-refractivity contribution is 14.1. The summed E-state index contributed by atoms with van der Waals surface area (Å²) in [5, 5.41) is 11.7. The predicted molar refractivity (Wildman–Crippen MR) is 188 cm³/mol. The zero-order valence-corrected chi connectivity index (χ0v) is 30.0. The van der Waals surface area contributed by atoms with Crippen molar-refractivity contribution >= 4 is 65.0 Å². The maximum atomic E-state index is 14.9. The van der Waals surface area contributed by atoms with Crippen molar-refractivity contribution < 1.29 is 24.2 Å². The van der Waals surface area contributed by atoms with Gasteiger partial charge in [-0.25, -0.2) is 0 Å². The molecule has 3 aliphatic heterocycles. The van der Waals surface area contributed by atoms with Gasteiger partial charge in [0.05, 0.1) is 52.6 Å². The van der Waals surface area contributed by atoms with Gasteiger partial charge in [-0.3, -0.25) is 9.59 Å². The molecule has 3 aliphatic rings. The summed E-state index contributed by atoms with van der Waals surface area (Å²) in [6.07, 6.45) is 1.32. The fourth-order valence-electron chi connectivity index (χ4n) is 8.10. The fraction of sp³-hybridized carbons (Fsp3) is 0.429. The first kappa shape index (κ1) is 32.5. The molecule has 7 nitrogen and oxygen atoms in total. The summed E-state index contributed by atoms with van der Waals surface area (Å²) in [6, 6.07) is 21.8. The van der Waals surface area contributed by atoms with Crippen LogP contribution in [-0.2, 0) is 26.5 Å². The first-order valence-corrected chi connectivity index (χ1v) is 20.1. The molecule has 0 aliphatic carbocycles. The van der Waals surface area contributed by atoms with E-state index in [2.05, 4.69) is 60.8 Å². The van der Waals surface area contributed by atoms with Crippen molar-refractivity contribution in [3.05, 3.63) is 86.4 Å². The van der Waals surface area contributed by atoms with Crippen LogP contribution in [0.5, 0.6) is 5.75 Å². The Kier molecular flexibility index (Phi) is 9.12. The highest BCUT2D eigenvalue weighted by atomic mass is 127.